The van der Waals surface area contributed by atoms with E-state index in [0.717, 1.165) is 18.7 Å². The maximum Gasteiger partial charge on any atom is 0.240 e. The Kier molecular flexibility index (Phi) is 3.78. The predicted molar refractivity (Wildman–Crippen MR) is 65.7 cm³/mol. The second kappa shape index (κ2) is 5.31. The van der Waals surface area contributed by atoms with Crippen LogP contribution in [0.1, 0.15) is 30.1 Å². The van der Waals surface area contributed by atoms with Crippen molar-refractivity contribution in [3.63, 3.8) is 0 Å². The normalized spacial score (nSPS) is 14.5. The fourth-order valence-corrected chi connectivity index (χ4v) is 2.36. The van der Waals surface area contributed by atoms with Crippen molar-refractivity contribution in [3.8, 4) is 0 Å². The van der Waals surface area contributed by atoms with Crippen LogP contribution in [-0.4, -0.2) is 28.5 Å². The molecule has 1 aromatic rings. The molecule has 5 nitrogen and oxygen atoms in total. The Balaban J connectivity index is 2.10. The molecule has 1 aromatic heterocycles. The first-order valence-electron chi connectivity index (χ1n) is 6.24. The summed E-state index contributed by atoms with van der Waals surface area (Å²) in [5.74, 6) is 0.962. The Morgan fingerprint density at radius 2 is 2.24 bits per heavy atom. The highest BCUT2D eigenvalue weighted by atomic mass is 16.1. The van der Waals surface area contributed by atoms with Crippen LogP contribution >= 0.6 is 0 Å². The zero-order valence-electron chi connectivity index (χ0n) is 10.3. The minimum Gasteiger partial charge on any atom is -0.353 e. The molecular formula is C12H20N4O. The van der Waals surface area contributed by atoms with Gasteiger partial charge in [-0.25, -0.2) is 4.98 Å². The third kappa shape index (κ3) is 2.66. The third-order valence-corrected chi connectivity index (χ3v) is 3.19. The molecule has 0 aromatic carbocycles. The summed E-state index contributed by atoms with van der Waals surface area (Å²) in [7, 11) is 0. The van der Waals surface area contributed by atoms with Gasteiger partial charge in [0.25, 0.3) is 0 Å². The van der Waals surface area contributed by atoms with Crippen LogP contribution in [0.2, 0.25) is 0 Å². The zero-order chi connectivity index (χ0) is 12.3. The van der Waals surface area contributed by atoms with Crippen LogP contribution in [0.15, 0.2) is 0 Å². The first-order chi connectivity index (χ1) is 8.22. The minimum absolute atomic E-state index is 0.0179. The maximum absolute atomic E-state index is 11.7. The monoisotopic (exact) mass is 236 g/mol. The number of hydrogen-bond donors (Lipinski definition) is 2. The van der Waals surface area contributed by atoms with Crippen LogP contribution in [0.25, 0.3) is 0 Å². The lowest BCUT2D eigenvalue weighted by Gasteiger charge is -2.14. The zero-order valence-corrected chi connectivity index (χ0v) is 10.3. The molecule has 2 rings (SSSR count). The van der Waals surface area contributed by atoms with E-state index >= 15 is 0 Å². The molecule has 94 valence electrons. The number of fused-ring (bicyclic) bond motifs is 1. The van der Waals surface area contributed by atoms with E-state index in [1.165, 1.54) is 24.2 Å². The fourth-order valence-electron chi connectivity index (χ4n) is 2.36. The highest BCUT2D eigenvalue weighted by Gasteiger charge is 2.19. The van der Waals surface area contributed by atoms with Gasteiger partial charge in [-0.1, -0.05) is 0 Å². The molecule has 0 fully saturated rings. The number of rotatable bonds is 4. The van der Waals surface area contributed by atoms with E-state index in [-0.39, 0.29) is 5.91 Å². The maximum atomic E-state index is 11.7. The van der Waals surface area contributed by atoms with Crippen LogP contribution in [0, 0.1) is 6.92 Å². The number of imidazole rings is 1. The summed E-state index contributed by atoms with van der Waals surface area (Å²) in [6, 6.07) is 0. The van der Waals surface area contributed by atoms with Crippen molar-refractivity contribution in [3.05, 3.63) is 17.2 Å². The SMILES string of the molecule is Cc1nc2c(n1CC(=O)NCCN)CCCC2. The van der Waals surface area contributed by atoms with E-state index in [1.54, 1.807) is 0 Å². The van der Waals surface area contributed by atoms with E-state index in [2.05, 4.69) is 10.3 Å². The number of amides is 1. The molecule has 1 heterocycles. The molecule has 0 radical (unpaired) electrons. The largest absolute Gasteiger partial charge is 0.353 e. The van der Waals surface area contributed by atoms with Crippen molar-refractivity contribution in [1.82, 2.24) is 14.9 Å². The summed E-state index contributed by atoms with van der Waals surface area (Å²) in [5.41, 5.74) is 7.78. The number of nitrogens with zero attached hydrogens (tertiary/aromatic N) is 2. The van der Waals surface area contributed by atoms with Gasteiger partial charge < -0.3 is 15.6 Å². The summed E-state index contributed by atoms with van der Waals surface area (Å²) in [5, 5.41) is 2.79. The Hall–Kier alpha value is -1.36. The highest BCUT2D eigenvalue weighted by molar-refractivity contribution is 5.75. The molecule has 0 unspecified atom stereocenters. The number of nitrogens with one attached hydrogen (secondary N) is 1. The average molecular weight is 236 g/mol. The number of hydrogen-bond acceptors (Lipinski definition) is 3. The second-order valence-corrected chi connectivity index (χ2v) is 4.48. The van der Waals surface area contributed by atoms with Gasteiger partial charge in [0.2, 0.25) is 5.91 Å². The van der Waals surface area contributed by atoms with Gasteiger partial charge >= 0.3 is 0 Å². The molecule has 0 aliphatic heterocycles. The molecule has 1 aliphatic carbocycles. The Labute approximate surface area is 101 Å². The average Bonchev–Trinajstić information content (AvgIpc) is 2.64. The predicted octanol–water partition coefficient (Wildman–Crippen LogP) is 0.145. The van der Waals surface area contributed by atoms with E-state index < -0.39 is 0 Å². The fraction of sp³-hybridized carbons (Fsp3) is 0.667. The second-order valence-electron chi connectivity index (χ2n) is 4.48. The topological polar surface area (TPSA) is 72.9 Å². The van der Waals surface area contributed by atoms with Crippen LogP contribution in [0.4, 0.5) is 0 Å². The van der Waals surface area contributed by atoms with Crippen molar-refractivity contribution < 1.29 is 4.79 Å². The summed E-state index contributed by atoms with van der Waals surface area (Å²) in [6.07, 6.45) is 4.50. The first-order valence-corrected chi connectivity index (χ1v) is 6.24. The molecule has 0 saturated heterocycles. The molecule has 17 heavy (non-hydrogen) atoms. The summed E-state index contributed by atoms with van der Waals surface area (Å²) in [4.78, 5) is 16.2. The van der Waals surface area contributed by atoms with Crippen molar-refractivity contribution >= 4 is 5.91 Å². The van der Waals surface area contributed by atoms with Gasteiger partial charge in [0.15, 0.2) is 0 Å². The molecule has 0 bridgehead atoms. The van der Waals surface area contributed by atoms with E-state index in [0.29, 0.717) is 19.6 Å². The summed E-state index contributed by atoms with van der Waals surface area (Å²) in [6.45, 7) is 3.35. The molecule has 1 amide bonds. The van der Waals surface area contributed by atoms with Gasteiger partial charge in [-0.3, -0.25) is 4.79 Å². The van der Waals surface area contributed by atoms with Crippen molar-refractivity contribution in [2.75, 3.05) is 13.1 Å². The molecule has 3 N–H and O–H groups in total. The van der Waals surface area contributed by atoms with Crippen LogP contribution in [0.3, 0.4) is 0 Å². The third-order valence-electron chi connectivity index (χ3n) is 3.19. The van der Waals surface area contributed by atoms with Crippen molar-refractivity contribution in [2.24, 2.45) is 5.73 Å². The number of nitrogens with two attached hydrogens (primary N) is 1. The van der Waals surface area contributed by atoms with Crippen molar-refractivity contribution in [1.29, 1.82) is 0 Å². The number of carbonyl (C=O) groups is 1. The number of aryl methyl sites for hydroxylation is 2. The molecule has 0 atom stereocenters. The quantitative estimate of drug-likeness (QED) is 0.781. The molecule has 0 saturated carbocycles. The lowest BCUT2D eigenvalue weighted by molar-refractivity contribution is -0.121. The lowest BCUT2D eigenvalue weighted by Crippen LogP contribution is -2.32. The van der Waals surface area contributed by atoms with Crippen LogP contribution in [-0.2, 0) is 24.2 Å². The number of aromatic nitrogens is 2. The standard InChI is InChI=1S/C12H20N4O/c1-9-15-10-4-2-3-5-11(10)16(9)8-12(17)14-7-6-13/h2-8,13H2,1H3,(H,14,17). The highest BCUT2D eigenvalue weighted by Crippen LogP contribution is 2.21. The smallest absolute Gasteiger partial charge is 0.240 e. The van der Waals surface area contributed by atoms with Crippen molar-refractivity contribution in [2.45, 2.75) is 39.2 Å². The van der Waals surface area contributed by atoms with E-state index in [9.17, 15) is 4.79 Å². The van der Waals surface area contributed by atoms with Gasteiger partial charge in [0, 0.05) is 18.8 Å². The minimum atomic E-state index is 0.0179. The molecule has 5 heteroatoms. The van der Waals surface area contributed by atoms with Crippen LogP contribution in [0.5, 0.6) is 0 Å². The van der Waals surface area contributed by atoms with Crippen LogP contribution < -0.4 is 11.1 Å². The molecular weight excluding hydrogens is 216 g/mol. The van der Waals surface area contributed by atoms with Gasteiger partial charge in [-0.15, -0.1) is 0 Å². The summed E-state index contributed by atoms with van der Waals surface area (Å²) < 4.78 is 2.04. The first kappa shape index (κ1) is 12.1. The van der Waals surface area contributed by atoms with Gasteiger partial charge in [0.05, 0.1) is 5.69 Å². The Morgan fingerprint density at radius 3 is 3.00 bits per heavy atom. The summed E-state index contributed by atoms with van der Waals surface area (Å²) >= 11 is 0. The molecule has 1 aliphatic rings. The van der Waals surface area contributed by atoms with Gasteiger partial charge in [-0.05, 0) is 32.6 Å². The van der Waals surface area contributed by atoms with Gasteiger partial charge in [0.1, 0.15) is 12.4 Å². The Bertz CT molecular complexity index is 411. The Morgan fingerprint density at radius 1 is 1.47 bits per heavy atom. The van der Waals surface area contributed by atoms with E-state index in [4.69, 9.17) is 5.73 Å². The van der Waals surface area contributed by atoms with Gasteiger partial charge in [-0.2, -0.15) is 0 Å². The molecule has 0 spiro atoms. The lowest BCUT2D eigenvalue weighted by atomic mass is 10.0. The number of carbonyl (C=O) groups excluding carboxylic acids is 1. The van der Waals surface area contributed by atoms with E-state index in [1.807, 2.05) is 11.5 Å².